The molecule has 2 heterocycles. The number of hydrogen-bond donors (Lipinski definition) is 2. The van der Waals surface area contributed by atoms with Crippen molar-refractivity contribution in [3.8, 4) is 0 Å². The van der Waals surface area contributed by atoms with E-state index in [1.165, 1.54) is 6.33 Å². The summed E-state index contributed by atoms with van der Waals surface area (Å²) >= 11 is 0. The van der Waals surface area contributed by atoms with Crippen LogP contribution in [0.25, 0.3) is 11.2 Å². The van der Waals surface area contributed by atoms with Crippen molar-refractivity contribution in [3.05, 3.63) is 48.0 Å². The van der Waals surface area contributed by atoms with E-state index >= 15 is 0 Å². The van der Waals surface area contributed by atoms with Gasteiger partial charge < -0.3 is 15.0 Å². The van der Waals surface area contributed by atoms with Crippen molar-refractivity contribution in [1.29, 1.82) is 0 Å². The van der Waals surface area contributed by atoms with Crippen LogP contribution >= 0.6 is 0 Å². The van der Waals surface area contributed by atoms with Gasteiger partial charge in [0.1, 0.15) is 12.9 Å². The third-order valence-corrected chi connectivity index (χ3v) is 2.93. The molecule has 0 bridgehead atoms. The summed E-state index contributed by atoms with van der Waals surface area (Å²) in [7, 11) is 1.73. The van der Waals surface area contributed by atoms with Crippen molar-refractivity contribution in [1.82, 2.24) is 19.9 Å². The first-order valence-electron chi connectivity index (χ1n) is 6.37. The van der Waals surface area contributed by atoms with Gasteiger partial charge in [-0.2, -0.15) is 0 Å². The van der Waals surface area contributed by atoms with Crippen molar-refractivity contribution >= 4 is 23.0 Å². The lowest BCUT2D eigenvalue weighted by Crippen LogP contribution is -2.07. The molecule has 0 aliphatic heterocycles. The number of carbonyl (C=O) groups is 1. The Balaban J connectivity index is 1.79. The molecular formula is C14H13N5O2. The van der Waals surface area contributed by atoms with Crippen molar-refractivity contribution in [2.24, 2.45) is 0 Å². The fourth-order valence-electron chi connectivity index (χ4n) is 1.90. The van der Waals surface area contributed by atoms with Gasteiger partial charge in [0.25, 0.3) is 0 Å². The third-order valence-electron chi connectivity index (χ3n) is 2.93. The molecule has 3 aromatic rings. The number of benzene rings is 1. The fourth-order valence-corrected chi connectivity index (χ4v) is 1.90. The number of anilines is 1. The van der Waals surface area contributed by atoms with Crippen LogP contribution in [0.5, 0.6) is 0 Å². The van der Waals surface area contributed by atoms with Gasteiger partial charge in [-0.05, 0) is 5.56 Å². The largest absolute Gasteiger partial charge is 0.455 e. The van der Waals surface area contributed by atoms with Crippen molar-refractivity contribution < 1.29 is 9.53 Å². The number of H-pyrrole nitrogens is 1. The van der Waals surface area contributed by atoms with Gasteiger partial charge in [-0.25, -0.2) is 19.7 Å². The van der Waals surface area contributed by atoms with Crippen molar-refractivity contribution in [2.75, 3.05) is 12.4 Å². The molecule has 7 nitrogen and oxygen atoms in total. The Morgan fingerprint density at radius 3 is 2.86 bits per heavy atom. The summed E-state index contributed by atoms with van der Waals surface area (Å²) in [5.74, 6) is 0.134. The SMILES string of the molecule is CNc1ncnc2[nH]c(C(=O)OCc3ccccc3)nc12. The van der Waals surface area contributed by atoms with E-state index in [0.29, 0.717) is 17.0 Å². The molecule has 106 valence electrons. The molecule has 0 aliphatic rings. The van der Waals surface area contributed by atoms with Crippen LogP contribution in [0.2, 0.25) is 0 Å². The normalized spacial score (nSPS) is 10.5. The van der Waals surface area contributed by atoms with E-state index in [9.17, 15) is 4.79 Å². The zero-order chi connectivity index (χ0) is 14.7. The molecule has 0 amide bonds. The van der Waals surface area contributed by atoms with Crippen LogP contribution in [-0.4, -0.2) is 33.0 Å². The number of ether oxygens (including phenoxy) is 1. The number of hydrogen-bond acceptors (Lipinski definition) is 6. The monoisotopic (exact) mass is 283 g/mol. The van der Waals surface area contributed by atoms with E-state index in [-0.39, 0.29) is 12.4 Å². The van der Waals surface area contributed by atoms with E-state index in [0.717, 1.165) is 5.56 Å². The first kappa shape index (κ1) is 13.0. The molecule has 2 aromatic heterocycles. The van der Waals surface area contributed by atoms with Crippen LogP contribution in [-0.2, 0) is 11.3 Å². The minimum absolute atomic E-state index is 0.109. The minimum atomic E-state index is -0.529. The summed E-state index contributed by atoms with van der Waals surface area (Å²) in [6.07, 6.45) is 1.39. The lowest BCUT2D eigenvalue weighted by molar-refractivity contribution is 0.0460. The number of fused-ring (bicyclic) bond motifs is 1. The Labute approximate surface area is 120 Å². The first-order valence-corrected chi connectivity index (χ1v) is 6.37. The van der Waals surface area contributed by atoms with Crippen LogP contribution in [0.3, 0.4) is 0 Å². The number of aromatic amines is 1. The molecule has 0 aliphatic carbocycles. The zero-order valence-electron chi connectivity index (χ0n) is 11.3. The second-order valence-corrected chi connectivity index (χ2v) is 4.32. The summed E-state index contributed by atoms with van der Waals surface area (Å²) in [5.41, 5.74) is 1.91. The van der Waals surface area contributed by atoms with Crippen LogP contribution in [0.1, 0.15) is 16.2 Å². The molecule has 0 unspecified atom stereocenters. The van der Waals surface area contributed by atoms with E-state index in [2.05, 4.69) is 25.3 Å². The molecule has 0 spiro atoms. The summed E-state index contributed by atoms with van der Waals surface area (Å²) in [5, 5.41) is 2.89. The molecule has 21 heavy (non-hydrogen) atoms. The van der Waals surface area contributed by atoms with Crippen LogP contribution in [0, 0.1) is 0 Å². The summed E-state index contributed by atoms with van der Waals surface area (Å²) in [4.78, 5) is 27.1. The van der Waals surface area contributed by atoms with E-state index in [1.54, 1.807) is 7.05 Å². The second-order valence-electron chi connectivity index (χ2n) is 4.32. The molecule has 0 saturated heterocycles. The van der Waals surface area contributed by atoms with Gasteiger partial charge in [-0.15, -0.1) is 0 Å². The Hall–Kier alpha value is -2.96. The highest BCUT2D eigenvalue weighted by molar-refractivity contribution is 5.92. The molecule has 1 aromatic carbocycles. The Morgan fingerprint density at radius 1 is 1.29 bits per heavy atom. The van der Waals surface area contributed by atoms with Gasteiger partial charge in [0.2, 0.25) is 5.82 Å². The molecule has 0 saturated carbocycles. The lowest BCUT2D eigenvalue weighted by atomic mass is 10.2. The third kappa shape index (κ3) is 2.66. The quantitative estimate of drug-likeness (QED) is 0.709. The highest BCUT2D eigenvalue weighted by atomic mass is 16.5. The maximum Gasteiger partial charge on any atom is 0.374 e. The van der Waals surface area contributed by atoms with Gasteiger partial charge in [0.15, 0.2) is 17.0 Å². The Bertz CT molecular complexity index is 769. The summed E-state index contributed by atoms with van der Waals surface area (Å²) in [6, 6.07) is 9.45. The molecular weight excluding hydrogens is 270 g/mol. The number of nitrogens with one attached hydrogen (secondary N) is 2. The fraction of sp³-hybridized carbons (Fsp3) is 0.143. The van der Waals surface area contributed by atoms with Gasteiger partial charge in [-0.1, -0.05) is 30.3 Å². The molecule has 7 heteroatoms. The number of aromatic nitrogens is 4. The molecule has 3 rings (SSSR count). The summed E-state index contributed by atoms with van der Waals surface area (Å²) < 4.78 is 5.22. The average molecular weight is 283 g/mol. The Kier molecular flexibility index (Phi) is 3.46. The van der Waals surface area contributed by atoms with E-state index < -0.39 is 5.97 Å². The van der Waals surface area contributed by atoms with Crippen molar-refractivity contribution in [2.45, 2.75) is 6.61 Å². The highest BCUT2D eigenvalue weighted by Crippen LogP contribution is 2.16. The predicted molar refractivity (Wildman–Crippen MR) is 76.8 cm³/mol. The second kappa shape index (κ2) is 5.58. The number of imidazole rings is 1. The van der Waals surface area contributed by atoms with E-state index in [1.807, 2.05) is 30.3 Å². The van der Waals surface area contributed by atoms with Crippen LogP contribution in [0.4, 0.5) is 5.82 Å². The van der Waals surface area contributed by atoms with Gasteiger partial charge in [0.05, 0.1) is 0 Å². The lowest BCUT2D eigenvalue weighted by Gasteiger charge is -2.02. The van der Waals surface area contributed by atoms with Gasteiger partial charge in [0, 0.05) is 7.05 Å². The standard InChI is InChI=1S/C14H13N5O2/c1-15-11-10-12(17-8-16-11)19-13(18-10)14(20)21-7-9-5-3-2-4-6-9/h2-6,8H,7H2,1H3,(H2,15,16,17,18,19). The zero-order valence-corrected chi connectivity index (χ0v) is 11.3. The maximum absolute atomic E-state index is 12.0. The first-order chi connectivity index (χ1) is 10.3. The number of carbonyl (C=O) groups excluding carboxylic acids is 1. The average Bonchev–Trinajstić information content (AvgIpc) is 2.97. The summed E-state index contributed by atoms with van der Waals surface area (Å²) in [6.45, 7) is 0.196. The topological polar surface area (TPSA) is 92.8 Å². The number of rotatable bonds is 4. The van der Waals surface area contributed by atoms with Gasteiger partial charge in [-0.3, -0.25) is 0 Å². The van der Waals surface area contributed by atoms with Crippen LogP contribution in [0.15, 0.2) is 36.7 Å². The van der Waals surface area contributed by atoms with Crippen molar-refractivity contribution in [3.63, 3.8) is 0 Å². The predicted octanol–water partition coefficient (Wildman–Crippen LogP) is 1.75. The molecule has 2 N–H and O–H groups in total. The highest BCUT2D eigenvalue weighted by Gasteiger charge is 2.16. The minimum Gasteiger partial charge on any atom is -0.455 e. The molecule has 0 fully saturated rings. The van der Waals surface area contributed by atoms with Crippen LogP contribution < -0.4 is 5.32 Å². The smallest absolute Gasteiger partial charge is 0.374 e. The van der Waals surface area contributed by atoms with E-state index in [4.69, 9.17) is 4.74 Å². The molecule has 0 radical (unpaired) electrons. The number of esters is 1. The number of nitrogens with zero attached hydrogens (tertiary/aromatic N) is 3. The molecule has 0 atom stereocenters. The van der Waals surface area contributed by atoms with Gasteiger partial charge >= 0.3 is 5.97 Å². The Morgan fingerprint density at radius 2 is 2.10 bits per heavy atom. The maximum atomic E-state index is 12.0.